The van der Waals surface area contributed by atoms with Crippen LogP contribution in [0.15, 0.2) is 30.3 Å². The number of amides is 1. The minimum Gasteiger partial charge on any atom is -0.385 e. The van der Waals surface area contributed by atoms with Crippen LogP contribution in [0.3, 0.4) is 0 Å². The van der Waals surface area contributed by atoms with Crippen LogP contribution in [0.1, 0.15) is 32.3 Å². The average molecular weight is 277 g/mol. The van der Waals surface area contributed by atoms with Gasteiger partial charge in [-0.1, -0.05) is 30.3 Å². The summed E-state index contributed by atoms with van der Waals surface area (Å²) in [6.45, 7) is 6.10. The monoisotopic (exact) mass is 277 g/mol. The Kier molecular flexibility index (Phi) is 4.78. The Balaban J connectivity index is 1.88. The van der Waals surface area contributed by atoms with E-state index >= 15 is 0 Å². The van der Waals surface area contributed by atoms with Crippen LogP contribution in [-0.2, 0) is 10.4 Å². The lowest BCUT2D eigenvalue weighted by Crippen LogP contribution is -3.14. The van der Waals surface area contributed by atoms with Gasteiger partial charge in [-0.3, -0.25) is 4.79 Å². The van der Waals surface area contributed by atoms with Gasteiger partial charge in [-0.05, 0) is 19.4 Å². The molecular formula is C16H25N2O2+. The zero-order valence-electron chi connectivity index (χ0n) is 12.4. The number of nitrogens with one attached hydrogen (secondary N) is 2. The maximum atomic E-state index is 11.8. The largest absolute Gasteiger partial charge is 0.385 e. The van der Waals surface area contributed by atoms with Gasteiger partial charge >= 0.3 is 0 Å². The molecule has 1 aliphatic heterocycles. The molecule has 0 aromatic heterocycles. The molecule has 4 heteroatoms. The highest BCUT2D eigenvalue weighted by molar-refractivity contribution is 5.77. The quantitative estimate of drug-likeness (QED) is 0.730. The smallest absolute Gasteiger partial charge is 0.275 e. The molecule has 0 spiro atoms. The number of quaternary nitrogens is 1. The number of carbonyl (C=O) groups excluding carboxylic acids is 1. The van der Waals surface area contributed by atoms with Gasteiger partial charge in [-0.15, -0.1) is 0 Å². The molecule has 4 nitrogen and oxygen atoms in total. The predicted octanol–water partition coefficient (Wildman–Crippen LogP) is 0.0775. The van der Waals surface area contributed by atoms with Crippen LogP contribution in [0.25, 0.3) is 0 Å². The zero-order valence-corrected chi connectivity index (χ0v) is 12.4. The van der Waals surface area contributed by atoms with Gasteiger partial charge in [0.05, 0.1) is 13.1 Å². The average Bonchev–Trinajstić information content (AvgIpc) is 2.42. The van der Waals surface area contributed by atoms with E-state index in [4.69, 9.17) is 0 Å². The van der Waals surface area contributed by atoms with Crippen molar-refractivity contribution in [2.75, 3.05) is 19.6 Å². The van der Waals surface area contributed by atoms with Crippen molar-refractivity contribution >= 4 is 5.91 Å². The van der Waals surface area contributed by atoms with Crippen molar-refractivity contribution in [1.82, 2.24) is 5.32 Å². The number of piperidine rings is 1. The molecule has 0 aliphatic carbocycles. The molecule has 20 heavy (non-hydrogen) atoms. The first-order chi connectivity index (χ1) is 9.49. The van der Waals surface area contributed by atoms with E-state index in [1.807, 2.05) is 44.2 Å². The van der Waals surface area contributed by atoms with E-state index in [0.29, 0.717) is 19.4 Å². The van der Waals surface area contributed by atoms with E-state index in [2.05, 4.69) is 5.32 Å². The Labute approximate surface area is 120 Å². The molecule has 2 rings (SSSR count). The number of hydrogen-bond acceptors (Lipinski definition) is 2. The number of carbonyl (C=O) groups is 1. The Bertz CT molecular complexity index is 437. The first-order valence-electron chi connectivity index (χ1n) is 7.40. The van der Waals surface area contributed by atoms with Gasteiger partial charge in [0.25, 0.3) is 5.91 Å². The topological polar surface area (TPSA) is 53.8 Å². The van der Waals surface area contributed by atoms with Crippen LogP contribution >= 0.6 is 0 Å². The number of likely N-dealkylation sites (tertiary alicyclic amines) is 1. The lowest BCUT2D eigenvalue weighted by atomic mass is 9.84. The highest BCUT2D eigenvalue weighted by Crippen LogP contribution is 2.28. The van der Waals surface area contributed by atoms with Crippen molar-refractivity contribution in [3.8, 4) is 0 Å². The van der Waals surface area contributed by atoms with E-state index in [1.54, 1.807) is 0 Å². The molecule has 0 bridgehead atoms. The van der Waals surface area contributed by atoms with Crippen molar-refractivity contribution in [2.24, 2.45) is 0 Å². The third kappa shape index (κ3) is 3.81. The zero-order chi connectivity index (χ0) is 14.6. The second kappa shape index (κ2) is 6.37. The van der Waals surface area contributed by atoms with Crippen LogP contribution in [-0.4, -0.2) is 36.7 Å². The lowest BCUT2D eigenvalue weighted by Gasteiger charge is -2.36. The highest BCUT2D eigenvalue weighted by Gasteiger charge is 2.36. The van der Waals surface area contributed by atoms with Gasteiger partial charge in [0.15, 0.2) is 6.54 Å². The molecule has 0 saturated carbocycles. The van der Waals surface area contributed by atoms with E-state index in [-0.39, 0.29) is 11.9 Å². The maximum absolute atomic E-state index is 11.8. The molecule has 3 N–H and O–H groups in total. The summed E-state index contributed by atoms with van der Waals surface area (Å²) in [6.07, 6.45) is 1.42. The van der Waals surface area contributed by atoms with Gasteiger partial charge in [0.1, 0.15) is 5.60 Å². The summed E-state index contributed by atoms with van der Waals surface area (Å²) in [5.74, 6) is 0.0974. The Hall–Kier alpha value is -1.39. The van der Waals surface area contributed by atoms with Crippen molar-refractivity contribution in [2.45, 2.75) is 38.3 Å². The summed E-state index contributed by atoms with van der Waals surface area (Å²) in [5, 5.41) is 13.6. The summed E-state index contributed by atoms with van der Waals surface area (Å²) in [5.41, 5.74) is 0.268. The SMILES string of the molecule is CC(C)NC(=O)C[NH+]1CCC(O)(c2ccccc2)CC1. The molecular weight excluding hydrogens is 252 g/mol. The second-order valence-electron chi connectivity index (χ2n) is 6.05. The number of rotatable bonds is 4. The van der Waals surface area contributed by atoms with E-state index < -0.39 is 5.60 Å². The van der Waals surface area contributed by atoms with Crippen LogP contribution < -0.4 is 10.2 Å². The van der Waals surface area contributed by atoms with Gasteiger partial charge in [-0.25, -0.2) is 0 Å². The van der Waals surface area contributed by atoms with Crippen molar-refractivity contribution in [3.63, 3.8) is 0 Å². The fourth-order valence-corrected chi connectivity index (χ4v) is 2.83. The molecule has 1 heterocycles. The minimum atomic E-state index is -0.723. The number of hydrogen-bond donors (Lipinski definition) is 3. The lowest BCUT2D eigenvalue weighted by molar-refractivity contribution is -0.900. The standard InChI is InChI=1S/C16H24N2O2/c1-13(2)17-15(19)12-18-10-8-16(20,9-11-18)14-6-4-3-5-7-14/h3-7,13,20H,8-12H2,1-2H3,(H,17,19)/p+1. The third-order valence-corrected chi connectivity index (χ3v) is 3.96. The summed E-state index contributed by atoms with van der Waals surface area (Å²) in [7, 11) is 0. The van der Waals surface area contributed by atoms with Gasteiger partial charge in [0, 0.05) is 18.9 Å². The normalized spacial score (nSPS) is 26.5. The van der Waals surface area contributed by atoms with Gasteiger partial charge < -0.3 is 15.3 Å². The summed E-state index contributed by atoms with van der Waals surface area (Å²) in [4.78, 5) is 13.0. The minimum absolute atomic E-state index is 0.0974. The second-order valence-corrected chi connectivity index (χ2v) is 6.05. The Morgan fingerprint density at radius 3 is 2.45 bits per heavy atom. The summed E-state index contributed by atoms with van der Waals surface area (Å²) < 4.78 is 0. The van der Waals surface area contributed by atoms with Crippen LogP contribution in [0.2, 0.25) is 0 Å². The highest BCUT2D eigenvalue weighted by atomic mass is 16.3. The fourth-order valence-electron chi connectivity index (χ4n) is 2.83. The van der Waals surface area contributed by atoms with Crippen molar-refractivity contribution < 1.29 is 14.8 Å². The molecule has 1 saturated heterocycles. The molecule has 1 aromatic rings. The Morgan fingerprint density at radius 2 is 1.90 bits per heavy atom. The van der Waals surface area contributed by atoms with E-state index in [0.717, 1.165) is 18.7 Å². The first-order valence-corrected chi connectivity index (χ1v) is 7.40. The van der Waals surface area contributed by atoms with Crippen LogP contribution in [0.5, 0.6) is 0 Å². The van der Waals surface area contributed by atoms with E-state index in [9.17, 15) is 9.90 Å². The summed E-state index contributed by atoms with van der Waals surface area (Å²) in [6, 6.07) is 10.0. The molecule has 1 aromatic carbocycles. The summed E-state index contributed by atoms with van der Waals surface area (Å²) >= 11 is 0. The molecule has 1 aliphatic rings. The molecule has 110 valence electrons. The molecule has 0 atom stereocenters. The number of aliphatic hydroxyl groups is 1. The fraction of sp³-hybridized carbons (Fsp3) is 0.562. The molecule has 1 amide bonds. The van der Waals surface area contributed by atoms with Crippen LogP contribution in [0, 0.1) is 0 Å². The van der Waals surface area contributed by atoms with Gasteiger partial charge in [-0.2, -0.15) is 0 Å². The number of benzene rings is 1. The van der Waals surface area contributed by atoms with Crippen molar-refractivity contribution in [3.05, 3.63) is 35.9 Å². The Morgan fingerprint density at radius 1 is 1.30 bits per heavy atom. The third-order valence-electron chi connectivity index (χ3n) is 3.96. The first kappa shape index (κ1) is 15.0. The van der Waals surface area contributed by atoms with Crippen LogP contribution in [0.4, 0.5) is 0 Å². The molecule has 1 fully saturated rings. The van der Waals surface area contributed by atoms with Crippen molar-refractivity contribution in [1.29, 1.82) is 0 Å². The molecule has 0 radical (unpaired) electrons. The predicted molar refractivity (Wildman–Crippen MR) is 78.4 cm³/mol. The van der Waals surface area contributed by atoms with Gasteiger partial charge in [0.2, 0.25) is 0 Å². The van der Waals surface area contributed by atoms with E-state index in [1.165, 1.54) is 4.90 Å². The molecule has 0 unspecified atom stereocenters. The maximum Gasteiger partial charge on any atom is 0.275 e.